The Hall–Kier alpha value is -4.60. The van der Waals surface area contributed by atoms with Crippen molar-refractivity contribution in [3.8, 4) is 23.0 Å². The van der Waals surface area contributed by atoms with Crippen molar-refractivity contribution in [2.75, 3.05) is 53.9 Å². The normalized spacial score (nSPS) is 11.9. The molecule has 244 valence electrons. The molecule has 0 unspecified atom stereocenters. The van der Waals surface area contributed by atoms with Crippen LogP contribution in [0, 0.1) is 10.8 Å². The summed E-state index contributed by atoms with van der Waals surface area (Å²) in [5, 5.41) is 57.6. The number of methoxy groups -OCH3 is 2. The summed E-state index contributed by atoms with van der Waals surface area (Å²) in [7, 11) is 2.66. The Morgan fingerprint density at radius 2 is 1.16 bits per heavy atom. The number of benzene rings is 2. The lowest BCUT2D eigenvalue weighted by Crippen LogP contribution is -2.49. The lowest BCUT2D eigenvalue weighted by atomic mass is 9.89. The van der Waals surface area contributed by atoms with E-state index in [0.29, 0.717) is 11.1 Å². The average molecular weight is 633 g/mol. The molecule has 0 heterocycles. The quantitative estimate of drug-likeness (QED) is 0.0553. The molecular formula is C31H36O14. The molecule has 0 aliphatic rings. The molecule has 0 spiro atoms. The molecule has 0 amide bonds. The van der Waals surface area contributed by atoms with Gasteiger partial charge in [-0.2, -0.15) is 0 Å². The van der Waals surface area contributed by atoms with Gasteiger partial charge in [-0.05, 0) is 47.5 Å². The topological polar surface area (TPSA) is 227 Å². The SMILES string of the molecule is COc1cc(/C=C/C(=O)CC(=O)/C=C/c2ccc(OC(=O)C(CO)(CO)COC(=O)C(CO)(CO)CO)c(OC)c2)ccc1O. The van der Waals surface area contributed by atoms with E-state index in [4.69, 9.17) is 18.9 Å². The van der Waals surface area contributed by atoms with Crippen LogP contribution >= 0.6 is 0 Å². The highest BCUT2D eigenvalue weighted by atomic mass is 16.6. The molecule has 0 bridgehead atoms. The van der Waals surface area contributed by atoms with Crippen LogP contribution < -0.4 is 14.2 Å². The Morgan fingerprint density at radius 1 is 0.667 bits per heavy atom. The van der Waals surface area contributed by atoms with Gasteiger partial charge in [-0.3, -0.25) is 19.2 Å². The van der Waals surface area contributed by atoms with Gasteiger partial charge in [0.15, 0.2) is 34.6 Å². The van der Waals surface area contributed by atoms with Gasteiger partial charge < -0.3 is 49.6 Å². The number of allylic oxidation sites excluding steroid dienone is 2. The number of rotatable bonds is 18. The van der Waals surface area contributed by atoms with Crippen molar-refractivity contribution in [1.29, 1.82) is 0 Å². The van der Waals surface area contributed by atoms with Crippen LogP contribution in [0.5, 0.6) is 23.0 Å². The van der Waals surface area contributed by atoms with Gasteiger partial charge in [-0.15, -0.1) is 0 Å². The van der Waals surface area contributed by atoms with Crippen LogP contribution in [0.2, 0.25) is 0 Å². The molecule has 0 saturated heterocycles. The molecule has 0 atom stereocenters. The zero-order valence-corrected chi connectivity index (χ0v) is 24.7. The smallest absolute Gasteiger partial charge is 0.325 e. The summed E-state index contributed by atoms with van der Waals surface area (Å²) in [6.45, 7) is -5.88. The van der Waals surface area contributed by atoms with Gasteiger partial charge in [-0.1, -0.05) is 24.3 Å². The van der Waals surface area contributed by atoms with E-state index in [1.165, 1.54) is 68.9 Å². The van der Waals surface area contributed by atoms with Gasteiger partial charge in [0, 0.05) is 0 Å². The number of esters is 2. The minimum absolute atomic E-state index is 0.0166. The molecule has 6 N–H and O–H groups in total. The van der Waals surface area contributed by atoms with Crippen LogP contribution in [0.1, 0.15) is 17.5 Å². The molecule has 14 nitrogen and oxygen atoms in total. The molecular weight excluding hydrogens is 596 g/mol. The number of carbonyl (C=O) groups excluding carboxylic acids is 4. The van der Waals surface area contributed by atoms with Crippen molar-refractivity contribution in [3.63, 3.8) is 0 Å². The zero-order chi connectivity index (χ0) is 33.6. The highest BCUT2D eigenvalue weighted by Crippen LogP contribution is 2.32. The van der Waals surface area contributed by atoms with Crippen molar-refractivity contribution in [3.05, 3.63) is 59.7 Å². The molecule has 2 aromatic rings. The second kappa shape index (κ2) is 17.0. The second-order valence-electron chi connectivity index (χ2n) is 9.93. The third-order valence-corrected chi connectivity index (χ3v) is 6.72. The van der Waals surface area contributed by atoms with Gasteiger partial charge in [0.2, 0.25) is 0 Å². The zero-order valence-electron chi connectivity index (χ0n) is 24.7. The van der Waals surface area contributed by atoms with Gasteiger partial charge in [0.1, 0.15) is 17.4 Å². The lowest BCUT2D eigenvalue weighted by molar-refractivity contribution is -0.175. The summed E-state index contributed by atoms with van der Waals surface area (Å²) >= 11 is 0. The standard InChI is InChI=1S/C31H36O14/c1-42-26-11-20(5-9-24(26)39)3-7-22(37)13-23(38)8-4-21-6-10-25(27(12-21)43-2)45-29(41)31(17-35,18-36)19-44-28(40)30(14-32,15-33)16-34/h3-12,32-36,39H,13-19H2,1-2H3/b7-3+,8-4+. The molecule has 14 heteroatoms. The molecule has 0 saturated carbocycles. The largest absolute Gasteiger partial charge is 0.504 e. The molecule has 0 fully saturated rings. The first-order valence-electron chi connectivity index (χ1n) is 13.4. The Kier molecular flexibility index (Phi) is 13.9. The first-order valence-corrected chi connectivity index (χ1v) is 13.4. The van der Waals surface area contributed by atoms with Gasteiger partial charge in [0.05, 0.1) is 53.7 Å². The number of aliphatic hydroxyl groups is 5. The minimum atomic E-state index is -2.16. The fourth-order valence-corrected chi connectivity index (χ4v) is 3.58. The van der Waals surface area contributed by atoms with E-state index in [-0.39, 0.29) is 23.0 Å². The minimum Gasteiger partial charge on any atom is -0.504 e. The summed E-state index contributed by atoms with van der Waals surface area (Å²) in [5.74, 6) is -3.40. The predicted molar refractivity (Wildman–Crippen MR) is 157 cm³/mol. The van der Waals surface area contributed by atoms with E-state index in [1.54, 1.807) is 6.07 Å². The van der Waals surface area contributed by atoms with Gasteiger partial charge in [-0.25, -0.2) is 0 Å². The molecule has 0 radical (unpaired) electrons. The summed E-state index contributed by atoms with van der Waals surface area (Å²) in [4.78, 5) is 49.9. The fraction of sp³-hybridized carbons (Fsp3) is 0.355. The number of aromatic hydroxyl groups is 1. The maximum atomic E-state index is 13.0. The third-order valence-electron chi connectivity index (χ3n) is 6.72. The number of hydrogen-bond donors (Lipinski definition) is 6. The number of hydrogen-bond acceptors (Lipinski definition) is 14. The van der Waals surface area contributed by atoms with Crippen molar-refractivity contribution < 1.29 is 68.8 Å². The van der Waals surface area contributed by atoms with E-state index >= 15 is 0 Å². The van der Waals surface area contributed by atoms with Crippen LogP contribution in [-0.2, 0) is 23.9 Å². The Bertz CT molecular complexity index is 1390. The summed E-state index contributed by atoms with van der Waals surface area (Å²) in [5.41, 5.74) is -3.22. The second-order valence-corrected chi connectivity index (χ2v) is 9.93. The van der Waals surface area contributed by atoms with Crippen molar-refractivity contribution in [1.82, 2.24) is 0 Å². The third kappa shape index (κ3) is 9.44. The number of phenolic OH excluding ortho intramolecular Hbond substituents is 1. The first kappa shape index (κ1) is 36.6. The Morgan fingerprint density at radius 3 is 1.64 bits per heavy atom. The highest BCUT2D eigenvalue weighted by Gasteiger charge is 2.45. The van der Waals surface area contributed by atoms with E-state index in [9.17, 15) is 49.8 Å². The van der Waals surface area contributed by atoms with E-state index in [1.807, 2.05) is 0 Å². The van der Waals surface area contributed by atoms with Crippen molar-refractivity contribution in [2.45, 2.75) is 6.42 Å². The highest BCUT2D eigenvalue weighted by molar-refractivity contribution is 6.10. The number of ether oxygens (including phenoxy) is 4. The van der Waals surface area contributed by atoms with Crippen LogP contribution in [0.25, 0.3) is 12.2 Å². The van der Waals surface area contributed by atoms with Crippen molar-refractivity contribution in [2.24, 2.45) is 10.8 Å². The number of ketones is 2. The maximum Gasteiger partial charge on any atom is 0.325 e. The molecule has 45 heavy (non-hydrogen) atoms. The molecule has 2 aromatic carbocycles. The molecule has 2 rings (SSSR count). The van der Waals surface area contributed by atoms with Crippen LogP contribution in [0.4, 0.5) is 0 Å². The van der Waals surface area contributed by atoms with Crippen LogP contribution in [0.15, 0.2) is 48.6 Å². The van der Waals surface area contributed by atoms with Gasteiger partial charge in [0.25, 0.3) is 0 Å². The monoisotopic (exact) mass is 632 g/mol. The predicted octanol–water partition coefficient (Wildman–Crippen LogP) is 0.0472. The fourth-order valence-electron chi connectivity index (χ4n) is 3.58. The Labute approximate surface area is 258 Å². The average Bonchev–Trinajstić information content (AvgIpc) is 3.05. The van der Waals surface area contributed by atoms with Crippen LogP contribution in [0.3, 0.4) is 0 Å². The van der Waals surface area contributed by atoms with Crippen molar-refractivity contribution >= 4 is 35.7 Å². The molecule has 0 aliphatic carbocycles. The first-order chi connectivity index (χ1) is 21.5. The van der Waals surface area contributed by atoms with E-state index in [2.05, 4.69) is 0 Å². The maximum absolute atomic E-state index is 13.0. The Balaban J connectivity index is 2.09. The number of phenols is 1. The van der Waals surface area contributed by atoms with Gasteiger partial charge >= 0.3 is 11.9 Å². The summed E-state index contributed by atoms with van der Waals surface area (Å²) < 4.78 is 20.5. The molecule has 0 aliphatic heterocycles. The summed E-state index contributed by atoms with van der Waals surface area (Å²) in [6, 6.07) is 8.67. The van der Waals surface area contributed by atoms with Crippen LogP contribution in [-0.4, -0.2) is 108 Å². The summed E-state index contributed by atoms with van der Waals surface area (Å²) in [6.07, 6.45) is 4.87. The van der Waals surface area contributed by atoms with E-state index < -0.39 is 80.4 Å². The van der Waals surface area contributed by atoms with E-state index in [0.717, 1.165) is 0 Å². The number of aliphatic hydroxyl groups excluding tert-OH is 5. The lowest BCUT2D eigenvalue weighted by Gasteiger charge is -2.30. The molecule has 0 aromatic heterocycles. The number of carbonyl (C=O) groups is 4.